The Morgan fingerprint density at radius 3 is 2.53 bits per heavy atom. The number of nitrogens with zero attached hydrogens (tertiary/aromatic N) is 2. The van der Waals surface area contributed by atoms with Crippen molar-refractivity contribution in [3.63, 3.8) is 0 Å². The highest BCUT2D eigenvalue weighted by Gasteiger charge is 2.48. The van der Waals surface area contributed by atoms with Crippen LogP contribution < -0.4 is 9.47 Å². The summed E-state index contributed by atoms with van der Waals surface area (Å²) in [7, 11) is 0. The zero-order valence-electron chi connectivity index (χ0n) is 19.6. The first kappa shape index (κ1) is 22.6. The van der Waals surface area contributed by atoms with Crippen molar-refractivity contribution in [3.05, 3.63) is 39.1 Å². The minimum Gasteiger partial charge on any atom is -0.462 e. The van der Waals surface area contributed by atoms with Gasteiger partial charge in [0.25, 0.3) is 5.69 Å². The number of hydrogen-bond acceptors (Lipinski definition) is 8. The second-order valence-corrected chi connectivity index (χ2v) is 10.4. The number of Topliss-reactive ketones (excluding diaryl/α,β-unsaturated/α-hetero) is 1. The molecule has 0 aromatic heterocycles. The molecule has 2 aliphatic heterocycles. The van der Waals surface area contributed by atoms with E-state index >= 15 is 0 Å². The van der Waals surface area contributed by atoms with E-state index in [0.29, 0.717) is 29.2 Å². The van der Waals surface area contributed by atoms with E-state index in [1.165, 1.54) is 12.1 Å². The fraction of sp³-hybridized carbons (Fsp3) is 0.560. The summed E-state index contributed by atoms with van der Waals surface area (Å²) < 4.78 is 16.7. The number of carbonyl (C=O) groups is 2. The van der Waals surface area contributed by atoms with Crippen molar-refractivity contribution in [2.75, 3.05) is 6.79 Å². The molecule has 1 unspecified atom stereocenters. The lowest BCUT2D eigenvalue weighted by atomic mass is 9.66. The first-order valence-electron chi connectivity index (χ1n) is 11.7. The number of ketones is 1. The van der Waals surface area contributed by atoms with Crippen LogP contribution in [0.3, 0.4) is 0 Å². The largest absolute Gasteiger partial charge is 0.462 e. The second kappa shape index (κ2) is 8.21. The summed E-state index contributed by atoms with van der Waals surface area (Å²) >= 11 is 0. The van der Waals surface area contributed by atoms with Crippen LogP contribution in [0.5, 0.6) is 11.5 Å². The fourth-order valence-corrected chi connectivity index (χ4v) is 5.68. The number of hydrogen-bond donors (Lipinski definition) is 0. The van der Waals surface area contributed by atoms with Crippen LogP contribution in [0.15, 0.2) is 28.4 Å². The van der Waals surface area contributed by atoms with Crippen molar-refractivity contribution in [1.82, 2.24) is 0 Å². The first-order valence-corrected chi connectivity index (χ1v) is 11.7. The zero-order chi connectivity index (χ0) is 24.2. The lowest BCUT2D eigenvalue weighted by Gasteiger charge is -2.39. The molecule has 9 nitrogen and oxygen atoms in total. The van der Waals surface area contributed by atoms with Gasteiger partial charge in [0.15, 0.2) is 17.3 Å². The average Bonchev–Trinajstić information content (AvgIpc) is 3.41. The third kappa shape index (κ3) is 3.86. The van der Waals surface area contributed by atoms with E-state index in [4.69, 9.17) is 19.2 Å². The number of fused-ring (bicyclic) bond motifs is 1. The van der Waals surface area contributed by atoms with Gasteiger partial charge in [0, 0.05) is 34.9 Å². The molecule has 2 aliphatic carbocycles. The topological polar surface area (TPSA) is 117 Å². The molecule has 34 heavy (non-hydrogen) atoms. The van der Waals surface area contributed by atoms with Crippen LogP contribution in [-0.2, 0) is 14.3 Å². The van der Waals surface area contributed by atoms with Crippen molar-refractivity contribution in [2.24, 2.45) is 16.3 Å². The number of aliphatic imine (C=N–C) groups is 1. The van der Waals surface area contributed by atoms with Gasteiger partial charge >= 0.3 is 5.97 Å². The maximum Gasteiger partial charge on any atom is 0.315 e. The van der Waals surface area contributed by atoms with Crippen LogP contribution in [0.1, 0.15) is 70.8 Å². The number of allylic oxidation sites excluding steroid dienone is 2. The van der Waals surface area contributed by atoms with Gasteiger partial charge in [-0.05, 0) is 50.5 Å². The molecule has 9 heteroatoms. The summed E-state index contributed by atoms with van der Waals surface area (Å²) in [6, 6.07) is 2.85. The molecule has 1 aromatic carbocycles. The first-order chi connectivity index (χ1) is 16.1. The molecule has 2 heterocycles. The Morgan fingerprint density at radius 2 is 1.85 bits per heavy atom. The van der Waals surface area contributed by atoms with E-state index in [2.05, 4.69) is 0 Å². The Morgan fingerprint density at radius 1 is 1.18 bits per heavy atom. The Kier molecular flexibility index (Phi) is 5.45. The SMILES string of the molecule is CC1=NC2=C(C(=O)CC(C)(C)C2)[C@@H](c2cc3c(cc2[N+](=O)[O-])OCO3)C1C(=O)OC1CCCC1. The third-order valence-corrected chi connectivity index (χ3v) is 7.19. The number of esters is 1. The molecule has 5 rings (SSSR count). The van der Waals surface area contributed by atoms with E-state index in [1.807, 2.05) is 13.8 Å². The molecule has 0 spiro atoms. The second-order valence-electron chi connectivity index (χ2n) is 10.4. The van der Waals surface area contributed by atoms with Crippen molar-refractivity contribution in [1.29, 1.82) is 0 Å². The van der Waals surface area contributed by atoms with Crippen molar-refractivity contribution < 1.29 is 28.7 Å². The van der Waals surface area contributed by atoms with E-state index in [0.717, 1.165) is 25.7 Å². The minimum absolute atomic E-state index is 0.0463. The normalized spacial score (nSPS) is 25.7. The zero-order valence-corrected chi connectivity index (χ0v) is 19.6. The molecular formula is C25H28N2O7. The van der Waals surface area contributed by atoms with E-state index < -0.39 is 22.7 Å². The average molecular weight is 469 g/mol. The lowest BCUT2D eigenvalue weighted by Crippen LogP contribution is -2.40. The van der Waals surface area contributed by atoms with Gasteiger partial charge in [-0.1, -0.05) is 13.8 Å². The van der Waals surface area contributed by atoms with Gasteiger partial charge in [-0.15, -0.1) is 0 Å². The smallest absolute Gasteiger partial charge is 0.315 e. The molecule has 1 fully saturated rings. The molecule has 1 aromatic rings. The van der Waals surface area contributed by atoms with Crippen LogP contribution in [0.4, 0.5) is 5.69 Å². The Bertz CT molecular complexity index is 1140. The molecule has 0 bridgehead atoms. The minimum atomic E-state index is -0.927. The predicted octanol–water partition coefficient (Wildman–Crippen LogP) is 4.63. The monoisotopic (exact) mass is 468 g/mol. The van der Waals surface area contributed by atoms with Gasteiger partial charge in [-0.2, -0.15) is 0 Å². The van der Waals surface area contributed by atoms with Crippen molar-refractivity contribution in [2.45, 2.75) is 71.3 Å². The molecular weight excluding hydrogens is 440 g/mol. The number of ether oxygens (including phenoxy) is 3. The highest BCUT2D eigenvalue weighted by atomic mass is 16.7. The molecule has 2 atom stereocenters. The summed E-state index contributed by atoms with van der Waals surface area (Å²) in [6.07, 6.45) is 4.23. The fourth-order valence-electron chi connectivity index (χ4n) is 5.68. The summed E-state index contributed by atoms with van der Waals surface area (Å²) in [5.74, 6) is -1.81. The van der Waals surface area contributed by atoms with Gasteiger partial charge in [-0.25, -0.2) is 0 Å². The van der Waals surface area contributed by atoms with Gasteiger partial charge in [-0.3, -0.25) is 24.7 Å². The van der Waals surface area contributed by atoms with Crippen LogP contribution in [0, 0.1) is 21.4 Å². The third-order valence-electron chi connectivity index (χ3n) is 7.19. The summed E-state index contributed by atoms with van der Waals surface area (Å²) in [5.41, 5.74) is 1.22. The standard InChI is InChI=1S/C25H28N2O7/c1-13-21(24(29)34-14-6-4-5-7-14)22(23-16(26-13)10-25(2,3)11-18(23)28)15-8-19-20(33-12-32-19)9-17(15)27(30)31/h8-9,14,21-22H,4-7,10-12H2,1-3H3/t21?,22-/m0/s1. The van der Waals surface area contributed by atoms with E-state index in [1.54, 1.807) is 6.92 Å². The Balaban J connectivity index is 1.67. The molecule has 4 aliphatic rings. The van der Waals surface area contributed by atoms with E-state index in [-0.39, 0.29) is 47.5 Å². The van der Waals surface area contributed by atoms with Crippen LogP contribution in [0.25, 0.3) is 0 Å². The van der Waals surface area contributed by atoms with Crippen LogP contribution >= 0.6 is 0 Å². The molecule has 0 amide bonds. The van der Waals surface area contributed by atoms with Crippen molar-refractivity contribution in [3.8, 4) is 11.5 Å². The van der Waals surface area contributed by atoms with E-state index in [9.17, 15) is 19.7 Å². The Hall–Kier alpha value is -3.23. The number of rotatable bonds is 4. The summed E-state index contributed by atoms with van der Waals surface area (Å²) in [6.45, 7) is 5.69. The lowest BCUT2D eigenvalue weighted by molar-refractivity contribution is -0.385. The molecule has 0 N–H and O–H groups in total. The predicted molar refractivity (Wildman–Crippen MR) is 122 cm³/mol. The molecule has 180 valence electrons. The highest BCUT2D eigenvalue weighted by molar-refractivity contribution is 6.09. The number of carbonyl (C=O) groups excluding carboxylic acids is 2. The van der Waals surface area contributed by atoms with Gasteiger partial charge in [0.05, 0.1) is 11.0 Å². The van der Waals surface area contributed by atoms with Gasteiger partial charge in [0.2, 0.25) is 6.79 Å². The van der Waals surface area contributed by atoms with Crippen molar-refractivity contribution >= 4 is 23.2 Å². The highest BCUT2D eigenvalue weighted by Crippen LogP contribution is 2.51. The van der Waals surface area contributed by atoms with Crippen LogP contribution in [-0.4, -0.2) is 35.3 Å². The quantitative estimate of drug-likeness (QED) is 0.359. The van der Waals surface area contributed by atoms with Crippen LogP contribution in [0.2, 0.25) is 0 Å². The molecule has 1 saturated carbocycles. The number of nitro groups is 1. The van der Waals surface area contributed by atoms with Gasteiger partial charge in [0.1, 0.15) is 12.0 Å². The van der Waals surface area contributed by atoms with Gasteiger partial charge < -0.3 is 14.2 Å². The molecule has 0 radical (unpaired) electrons. The number of nitro benzene ring substituents is 1. The summed E-state index contributed by atoms with van der Waals surface area (Å²) in [4.78, 5) is 43.3. The molecule has 0 saturated heterocycles. The number of benzene rings is 1. The maximum absolute atomic E-state index is 13.5. The Labute approximate surface area is 197 Å². The maximum atomic E-state index is 13.5. The summed E-state index contributed by atoms with van der Waals surface area (Å²) in [5, 5.41) is 12.1.